The Kier molecular flexibility index (Phi) is 4.09. The molecule has 0 amide bonds. The van der Waals surface area contributed by atoms with Gasteiger partial charge in [0.15, 0.2) is 5.82 Å². The number of nitrogens with zero attached hydrogens (tertiary/aromatic N) is 6. The van der Waals surface area contributed by atoms with E-state index in [4.69, 9.17) is 15.7 Å². The van der Waals surface area contributed by atoms with E-state index in [1.54, 1.807) is 12.4 Å². The summed E-state index contributed by atoms with van der Waals surface area (Å²) in [6.07, 6.45) is 9.08. The number of anilines is 2. The molecule has 0 radical (unpaired) electrons. The van der Waals surface area contributed by atoms with Crippen molar-refractivity contribution in [3.05, 3.63) is 42.1 Å². The van der Waals surface area contributed by atoms with Crippen molar-refractivity contribution >= 4 is 17.6 Å². The van der Waals surface area contributed by atoms with Crippen LogP contribution in [-0.4, -0.2) is 48.7 Å². The van der Waals surface area contributed by atoms with Crippen LogP contribution < -0.4 is 15.6 Å². The molecule has 1 fully saturated rings. The largest absolute Gasteiger partial charge is 0.378 e. The number of hydrogen-bond acceptors (Lipinski definition) is 8. The van der Waals surface area contributed by atoms with Crippen molar-refractivity contribution in [1.29, 1.82) is 5.26 Å². The van der Waals surface area contributed by atoms with Crippen LogP contribution in [0, 0.1) is 11.3 Å². The van der Waals surface area contributed by atoms with Gasteiger partial charge in [0, 0.05) is 37.3 Å². The lowest BCUT2D eigenvalue weighted by molar-refractivity contribution is 0.122. The first-order valence-corrected chi connectivity index (χ1v) is 8.22. The molecule has 2 N–H and O–H groups in total. The van der Waals surface area contributed by atoms with Crippen LogP contribution in [0.3, 0.4) is 0 Å². The van der Waals surface area contributed by atoms with Crippen molar-refractivity contribution in [3.8, 4) is 6.07 Å². The topological polar surface area (TPSA) is 94.0 Å². The van der Waals surface area contributed by atoms with E-state index in [0.717, 1.165) is 35.9 Å². The predicted octanol–water partition coefficient (Wildman–Crippen LogP) is 0.963. The molecule has 0 spiro atoms. The Morgan fingerprint density at radius 3 is 2.96 bits per heavy atom. The molecular weight excluding hydrogens is 318 g/mol. The summed E-state index contributed by atoms with van der Waals surface area (Å²) in [6.45, 7) is 3.07. The van der Waals surface area contributed by atoms with E-state index < -0.39 is 0 Å². The monoisotopic (exact) mass is 337 g/mol. The van der Waals surface area contributed by atoms with Crippen LogP contribution in [-0.2, 0) is 4.74 Å². The fourth-order valence-corrected chi connectivity index (χ4v) is 3.21. The minimum Gasteiger partial charge on any atom is -0.378 e. The van der Waals surface area contributed by atoms with Gasteiger partial charge in [0.25, 0.3) is 0 Å². The summed E-state index contributed by atoms with van der Waals surface area (Å²) in [7, 11) is 0. The first-order valence-electron chi connectivity index (χ1n) is 8.22. The molecule has 1 aromatic heterocycles. The highest BCUT2D eigenvalue weighted by atomic mass is 16.5. The molecule has 25 heavy (non-hydrogen) atoms. The molecule has 0 aliphatic carbocycles. The molecule has 3 aliphatic heterocycles. The maximum absolute atomic E-state index is 8.96. The molecule has 0 bridgehead atoms. The number of aliphatic imine (C=N–C) groups is 1. The molecule has 128 valence electrons. The average molecular weight is 337 g/mol. The number of nitriles is 1. The second kappa shape index (κ2) is 6.55. The molecule has 1 saturated heterocycles. The van der Waals surface area contributed by atoms with Gasteiger partial charge in [-0.05, 0) is 12.1 Å². The van der Waals surface area contributed by atoms with Crippen molar-refractivity contribution in [2.75, 3.05) is 36.2 Å². The lowest BCUT2D eigenvalue weighted by Gasteiger charge is -2.38. The van der Waals surface area contributed by atoms with Crippen molar-refractivity contribution < 1.29 is 4.74 Å². The van der Waals surface area contributed by atoms with Crippen LogP contribution in [0.5, 0.6) is 0 Å². The van der Waals surface area contributed by atoms with Gasteiger partial charge < -0.3 is 15.4 Å². The summed E-state index contributed by atoms with van der Waals surface area (Å²) < 4.78 is 5.46. The van der Waals surface area contributed by atoms with Gasteiger partial charge in [-0.2, -0.15) is 5.26 Å². The number of ether oxygens (including phenoxy) is 1. The maximum atomic E-state index is 8.96. The number of nitrogens with two attached hydrogens (primary N) is 1. The van der Waals surface area contributed by atoms with E-state index in [9.17, 15) is 0 Å². The summed E-state index contributed by atoms with van der Waals surface area (Å²) in [5.74, 6) is 0.756. The molecular formula is C17H19N7O. The van der Waals surface area contributed by atoms with Crippen molar-refractivity contribution in [3.63, 3.8) is 0 Å². The van der Waals surface area contributed by atoms with Gasteiger partial charge in [-0.25, -0.2) is 10.0 Å². The molecule has 8 heteroatoms. The van der Waals surface area contributed by atoms with Crippen LogP contribution in [0.2, 0.25) is 0 Å². The number of pyridine rings is 1. The minimum atomic E-state index is -0.353. The second-order valence-corrected chi connectivity index (χ2v) is 5.97. The fourth-order valence-electron chi connectivity index (χ4n) is 3.21. The summed E-state index contributed by atoms with van der Waals surface area (Å²) in [5.41, 5.74) is 9.17. The van der Waals surface area contributed by atoms with Crippen molar-refractivity contribution in [2.24, 2.45) is 10.7 Å². The summed E-state index contributed by atoms with van der Waals surface area (Å²) in [4.78, 5) is 11.0. The quantitative estimate of drug-likeness (QED) is 0.878. The Morgan fingerprint density at radius 2 is 2.16 bits per heavy atom. The number of aromatic nitrogens is 1. The van der Waals surface area contributed by atoms with Crippen LogP contribution in [0.25, 0.3) is 0 Å². The number of fused-ring (bicyclic) bond motifs is 1. The van der Waals surface area contributed by atoms with Crippen LogP contribution in [0.15, 0.2) is 47.1 Å². The number of allylic oxidation sites excluding steroid dienone is 1. The van der Waals surface area contributed by atoms with E-state index in [-0.39, 0.29) is 6.17 Å². The van der Waals surface area contributed by atoms with Crippen molar-refractivity contribution in [2.45, 2.75) is 12.6 Å². The van der Waals surface area contributed by atoms with E-state index in [1.165, 1.54) is 0 Å². The normalized spacial score (nSPS) is 22.4. The Morgan fingerprint density at radius 1 is 1.32 bits per heavy atom. The molecule has 0 aromatic carbocycles. The van der Waals surface area contributed by atoms with E-state index in [2.05, 4.69) is 20.9 Å². The standard InChI is InChI=1S/C17H19N7O/c18-3-1-13-10-21-17-9-16(19)24(23(17)12-13)15-11-20-4-2-14(15)22-5-7-25-8-6-22/h2,4,9-12,16H,1,5-8,19H2. The highest BCUT2D eigenvalue weighted by Crippen LogP contribution is 2.36. The van der Waals surface area contributed by atoms with Gasteiger partial charge in [0.1, 0.15) is 11.9 Å². The van der Waals surface area contributed by atoms with Crippen LogP contribution in [0.4, 0.5) is 11.4 Å². The highest BCUT2D eigenvalue weighted by molar-refractivity contribution is 5.82. The Balaban J connectivity index is 1.70. The van der Waals surface area contributed by atoms with Gasteiger partial charge in [0.05, 0.1) is 37.6 Å². The first-order chi connectivity index (χ1) is 12.3. The Bertz CT molecular complexity index is 788. The molecule has 1 aromatic rings. The van der Waals surface area contributed by atoms with Gasteiger partial charge >= 0.3 is 0 Å². The summed E-state index contributed by atoms with van der Waals surface area (Å²) in [5, 5.41) is 12.8. The minimum absolute atomic E-state index is 0.305. The highest BCUT2D eigenvalue weighted by Gasteiger charge is 2.33. The van der Waals surface area contributed by atoms with Crippen molar-refractivity contribution in [1.82, 2.24) is 9.99 Å². The van der Waals surface area contributed by atoms with Gasteiger partial charge in [-0.15, -0.1) is 0 Å². The number of hydrazine groups is 1. The molecule has 3 aliphatic rings. The summed E-state index contributed by atoms with van der Waals surface area (Å²) >= 11 is 0. The van der Waals surface area contributed by atoms with Crippen LogP contribution in [0.1, 0.15) is 6.42 Å². The zero-order valence-corrected chi connectivity index (χ0v) is 13.7. The van der Waals surface area contributed by atoms with E-state index in [1.807, 2.05) is 34.6 Å². The number of hydrogen-bond donors (Lipinski definition) is 1. The molecule has 1 atom stereocenters. The average Bonchev–Trinajstić information content (AvgIpc) is 2.98. The van der Waals surface area contributed by atoms with Gasteiger partial charge in [-0.3, -0.25) is 9.99 Å². The maximum Gasteiger partial charge on any atom is 0.150 e. The lowest BCUT2D eigenvalue weighted by atomic mass is 10.2. The molecule has 0 saturated carbocycles. The number of morpholine rings is 1. The Labute approximate surface area is 146 Å². The zero-order chi connectivity index (χ0) is 17.2. The molecule has 1 unspecified atom stereocenters. The number of rotatable bonds is 3. The van der Waals surface area contributed by atoms with Gasteiger partial charge in [-0.1, -0.05) is 0 Å². The third-order valence-corrected chi connectivity index (χ3v) is 4.38. The van der Waals surface area contributed by atoms with Crippen LogP contribution >= 0.6 is 0 Å². The molecule has 4 rings (SSSR count). The smallest absolute Gasteiger partial charge is 0.150 e. The first kappa shape index (κ1) is 15.6. The van der Waals surface area contributed by atoms with E-state index in [0.29, 0.717) is 19.6 Å². The van der Waals surface area contributed by atoms with Gasteiger partial charge in [0.2, 0.25) is 0 Å². The Hall–Kier alpha value is -2.89. The fraction of sp³-hybridized carbons (Fsp3) is 0.353. The molecule has 8 nitrogen and oxygen atoms in total. The third kappa shape index (κ3) is 2.84. The molecule has 4 heterocycles. The van der Waals surface area contributed by atoms with E-state index >= 15 is 0 Å². The zero-order valence-electron chi connectivity index (χ0n) is 13.7. The SMILES string of the molecule is N#CCC1=CN2C(=CC(N)N2c2cnccc2N2CCOCC2)N=C1. The predicted molar refractivity (Wildman–Crippen MR) is 94.5 cm³/mol. The third-order valence-electron chi connectivity index (χ3n) is 4.38. The second-order valence-electron chi connectivity index (χ2n) is 5.97. The lowest BCUT2D eigenvalue weighted by Crippen LogP contribution is -2.46. The summed E-state index contributed by atoms with van der Waals surface area (Å²) in [6, 6.07) is 4.15.